The van der Waals surface area contributed by atoms with E-state index in [0.29, 0.717) is 51.6 Å². The molecular weight excluding hydrogens is 350 g/mol. The van der Waals surface area contributed by atoms with Crippen LogP contribution in [0.3, 0.4) is 0 Å². The van der Waals surface area contributed by atoms with Gasteiger partial charge in [0.2, 0.25) is 0 Å². The summed E-state index contributed by atoms with van der Waals surface area (Å²) in [7, 11) is 0. The number of hydrogen-bond donors (Lipinski definition) is 1. The van der Waals surface area contributed by atoms with Gasteiger partial charge in [-0.1, -0.05) is 25.7 Å². The summed E-state index contributed by atoms with van der Waals surface area (Å²) in [6, 6.07) is -0.681. The molecule has 1 saturated carbocycles. The smallest absolute Gasteiger partial charge is 0.319 e. The first-order valence-corrected chi connectivity index (χ1v) is 10.2. The number of aldehydes is 1. The second-order valence-electron chi connectivity index (χ2n) is 8.17. The maximum absolute atomic E-state index is 12.9. The number of ether oxygens (including phenoxy) is 2. The minimum atomic E-state index is -1.15. The summed E-state index contributed by atoms with van der Waals surface area (Å²) in [5, 5.41) is 3.03. The van der Waals surface area contributed by atoms with Crippen LogP contribution < -0.4 is 5.32 Å². The van der Waals surface area contributed by atoms with Gasteiger partial charge in [-0.15, -0.1) is 0 Å². The van der Waals surface area contributed by atoms with Gasteiger partial charge in [-0.2, -0.15) is 0 Å². The topological polar surface area (TPSA) is 88.2 Å². The fourth-order valence-corrected chi connectivity index (χ4v) is 5.11. The normalized spacial score (nSPS) is 31.7. The van der Waals surface area contributed by atoms with E-state index in [4.69, 9.17) is 9.47 Å². The SMILES string of the molecule is O=CC(CC1CCCC1)(NC(=O)N1CCOCC1)N1CCC2OCC(=O)C21. The Morgan fingerprint density at radius 2 is 1.93 bits per heavy atom. The molecule has 0 aromatic rings. The van der Waals surface area contributed by atoms with E-state index in [1.54, 1.807) is 4.90 Å². The number of nitrogens with zero attached hydrogens (tertiary/aromatic N) is 2. The summed E-state index contributed by atoms with van der Waals surface area (Å²) in [5.74, 6) is 0.396. The van der Waals surface area contributed by atoms with Crippen molar-refractivity contribution in [1.82, 2.24) is 15.1 Å². The lowest BCUT2D eigenvalue weighted by Crippen LogP contribution is -2.67. The molecule has 4 rings (SSSR count). The first kappa shape index (κ1) is 18.8. The molecule has 3 heterocycles. The van der Waals surface area contributed by atoms with Crippen LogP contribution >= 0.6 is 0 Å². The van der Waals surface area contributed by atoms with Crippen LogP contribution in [0.25, 0.3) is 0 Å². The molecule has 1 N–H and O–H groups in total. The highest BCUT2D eigenvalue weighted by Gasteiger charge is 2.54. The lowest BCUT2D eigenvalue weighted by molar-refractivity contribution is -0.129. The minimum Gasteiger partial charge on any atom is -0.378 e. The molecule has 8 nitrogen and oxygen atoms in total. The van der Waals surface area contributed by atoms with E-state index >= 15 is 0 Å². The summed E-state index contributed by atoms with van der Waals surface area (Å²) in [6.07, 6.45) is 6.41. The number of amides is 2. The predicted octanol–water partition coefficient (Wildman–Crippen LogP) is 0.546. The molecule has 0 aromatic heterocycles. The molecule has 1 aliphatic carbocycles. The molecule has 4 fully saturated rings. The Morgan fingerprint density at radius 1 is 1.19 bits per heavy atom. The third-order valence-electron chi connectivity index (χ3n) is 6.52. The van der Waals surface area contributed by atoms with Gasteiger partial charge in [-0.05, 0) is 18.8 Å². The summed E-state index contributed by atoms with van der Waals surface area (Å²) < 4.78 is 10.9. The second-order valence-corrected chi connectivity index (χ2v) is 8.17. The zero-order valence-electron chi connectivity index (χ0n) is 15.7. The minimum absolute atomic E-state index is 0.00997. The Hall–Kier alpha value is -1.51. The van der Waals surface area contributed by atoms with Crippen LogP contribution in [0.4, 0.5) is 4.79 Å². The van der Waals surface area contributed by atoms with E-state index in [0.717, 1.165) is 32.0 Å². The molecule has 3 atom stereocenters. The van der Waals surface area contributed by atoms with Gasteiger partial charge in [0.1, 0.15) is 6.61 Å². The quantitative estimate of drug-likeness (QED) is 0.702. The molecule has 0 aromatic carbocycles. The van der Waals surface area contributed by atoms with Crippen molar-refractivity contribution in [3.63, 3.8) is 0 Å². The number of carbonyl (C=O) groups is 3. The molecule has 150 valence electrons. The van der Waals surface area contributed by atoms with Crippen molar-refractivity contribution >= 4 is 18.1 Å². The molecule has 2 amide bonds. The second kappa shape index (κ2) is 7.85. The number of nitrogens with one attached hydrogen (secondary N) is 1. The number of Topliss-reactive ketones (excluding diaryl/α,β-unsaturated/α-hetero) is 1. The van der Waals surface area contributed by atoms with E-state index in [1.165, 1.54) is 0 Å². The predicted molar refractivity (Wildman–Crippen MR) is 96.2 cm³/mol. The van der Waals surface area contributed by atoms with E-state index in [2.05, 4.69) is 5.32 Å². The van der Waals surface area contributed by atoms with Gasteiger partial charge in [-0.25, -0.2) is 4.79 Å². The molecule has 0 spiro atoms. The highest BCUT2D eigenvalue weighted by molar-refractivity contribution is 5.89. The van der Waals surface area contributed by atoms with Gasteiger partial charge in [-0.3, -0.25) is 14.5 Å². The van der Waals surface area contributed by atoms with Gasteiger partial charge < -0.3 is 19.7 Å². The van der Waals surface area contributed by atoms with Crippen LogP contribution in [0.2, 0.25) is 0 Å². The third kappa shape index (κ3) is 3.62. The number of hydrogen-bond acceptors (Lipinski definition) is 6. The van der Waals surface area contributed by atoms with Gasteiger partial charge >= 0.3 is 6.03 Å². The van der Waals surface area contributed by atoms with Crippen molar-refractivity contribution in [3.05, 3.63) is 0 Å². The Balaban J connectivity index is 1.58. The van der Waals surface area contributed by atoms with Crippen LogP contribution in [0.1, 0.15) is 38.5 Å². The zero-order chi connectivity index (χ0) is 18.9. The summed E-state index contributed by atoms with van der Waals surface area (Å²) >= 11 is 0. The number of likely N-dealkylation sites (tertiary alicyclic amines) is 1. The van der Waals surface area contributed by atoms with Gasteiger partial charge in [0.15, 0.2) is 17.7 Å². The molecule has 3 aliphatic heterocycles. The first-order valence-electron chi connectivity index (χ1n) is 10.2. The summed E-state index contributed by atoms with van der Waals surface area (Å²) in [4.78, 5) is 41.4. The Morgan fingerprint density at radius 3 is 2.63 bits per heavy atom. The standard InChI is InChI=1S/C19H29N3O5/c23-13-19(11-14-3-1-2-4-14,20-18(25)21-7-9-26-10-8-21)22-6-5-16-17(22)15(24)12-27-16/h13-14,16-17H,1-12H2,(H,20,25). The largest absolute Gasteiger partial charge is 0.378 e. The van der Waals surface area contributed by atoms with Gasteiger partial charge in [0.25, 0.3) is 0 Å². The van der Waals surface area contributed by atoms with Crippen LogP contribution in [-0.4, -0.2) is 85.2 Å². The molecule has 8 heteroatoms. The molecule has 0 radical (unpaired) electrons. The highest BCUT2D eigenvalue weighted by Crippen LogP contribution is 2.38. The molecule has 3 unspecified atom stereocenters. The van der Waals surface area contributed by atoms with E-state index in [-0.39, 0.29) is 24.5 Å². The lowest BCUT2D eigenvalue weighted by atomic mass is 9.91. The fourth-order valence-electron chi connectivity index (χ4n) is 5.11. The molecule has 0 bridgehead atoms. The van der Waals surface area contributed by atoms with Crippen molar-refractivity contribution in [2.45, 2.75) is 56.3 Å². The summed E-state index contributed by atoms with van der Waals surface area (Å²) in [6.45, 7) is 2.71. The van der Waals surface area contributed by atoms with Crippen LogP contribution in [0.5, 0.6) is 0 Å². The van der Waals surface area contributed by atoms with Crippen molar-refractivity contribution < 1.29 is 23.9 Å². The zero-order valence-corrected chi connectivity index (χ0v) is 15.7. The number of rotatable bonds is 5. The molecule has 4 aliphatic rings. The third-order valence-corrected chi connectivity index (χ3v) is 6.52. The number of morpholine rings is 1. The van der Waals surface area contributed by atoms with Crippen LogP contribution in [0.15, 0.2) is 0 Å². The first-order chi connectivity index (χ1) is 13.1. The monoisotopic (exact) mass is 379 g/mol. The van der Waals surface area contributed by atoms with Crippen LogP contribution in [0, 0.1) is 5.92 Å². The van der Waals surface area contributed by atoms with Gasteiger partial charge in [0, 0.05) is 19.6 Å². The Kier molecular flexibility index (Phi) is 5.48. The van der Waals surface area contributed by atoms with Gasteiger partial charge in [0.05, 0.1) is 25.4 Å². The summed E-state index contributed by atoms with van der Waals surface area (Å²) in [5.41, 5.74) is -1.15. The average Bonchev–Trinajstić information content (AvgIpc) is 3.42. The van der Waals surface area contributed by atoms with Crippen molar-refractivity contribution in [2.75, 3.05) is 39.5 Å². The van der Waals surface area contributed by atoms with Crippen molar-refractivity contribution in [1.29, 1.82) is 0 Å². The highest BCUT2D eigenvalue weighted by atomic mass is 16.5. The number of fused-ring (bicyclic) bond motifs is 1. The number of urea groups is 1. The average molecular weight is 379 g/mol. The van der Waals surface area contributed by atoms with E-state index in [1.807, 2.05) is 4.90 Å². The number of carbonyl (C=O) groups excluding carboxylic acids is 3. The lowest BCUT2D eigenvalue weighted by Gasteiger charge is -2.43. The van der Waals surface area contributed by atoms with Crippen LogP contribution in [-0.2, 0) is 19.1 Å². The Labute approximate surface area is 159 Å². The fraction of sp³-hybridized carbons (Fsp3) is 0.842. The van der Waals surface area contributed by atoms with Crippen molar-refractivity contribution in [2.24, 2.45) is 5.92 Å². The number of ketones is 1. The maximum atomic E-state index is 12.9. The molecule has 27 heavy (non-hydrogen) atoms. The maximum Gasteiger partial charge on any atom is 0.319 e. The van der Waals surface area contributed by atoms with E-state index in [9.17, 15) is 14.4 Å². The van der Waals surface area contributed by atoms with Crippen molar-refractivity contribution in [3.8, 4) is 0 Å². The van der Waals surface area contributed by atoms with E-state index < -0.39 is 11.7 Å². The molecular formula is C19H29N3O5. The molecule has 3 saturated heterocycles. The Bertz CT molecular complexity index is 588.